The Balaban J connectivity index is 1.90. The van der Waals surface area contributed by atoms with Gasteiger partial charge >= 0.3 is 6.03 Å². The molecule has 0 aromatic heterocycles. The van der Waals surface area contributed by atoms with Gasteiger partial charge in [-0.15, -0.1) is 0 Å². The van der Waals surface area contributed by atoms with E-state index in [4.69, 9.17) is 11.6 Å². The number of amides is 3. The van der Waals surface area contributed by atoms with Crippen molar-refractivity contribution >= 4 is 23.5 Å². The summed E-state index contributed by atoms with van der Waals surface area (Å²) >= 11 is 5.86. The number of hydrogen-bond donors (Lipinski definition) is 1. The predicted octanol–water partition coefficient (Wildman–Crippen LogP) is 3.45. The highest BCUT2D eigenvalue weighted by molar-refractivity contribution is 6.30. The highest BCUT2D eigenvalue weighted by atomic mass is 35.5. The minimum atomic E-state index is -1.19. The smallest absolute Gasteiger partial charge is 0.319 e. The third-order valence-corrected chi connectivity index (χ3v) is 4.23. The van der Waals surface area contributed by atoms with Crippen molar-refractivity contribution in [3.63, 3.8) is 0 Å². The van der Waals surface area contributed by atoms with Gasteiger partial charge in [-0.3, -0.25) is 9.69 Å². The topological polar surface area (TPSA) is 49.4 Å². The number of halogens is 2. The molecule has 4 nitrogen and oxygen atoms in total. The van der Waals surface area contributed by atoms with Crippen LogP contribution in [-0.4, -0.2) is 16.8 Å². The molecule has 2 aromatic rings. The van der Waals surface area contributed by atoms with Crippen molar-refractivity contribution < 1.29 is 14.0 Å². The Morgan fingerprint density at radius 1 is 1.13 bits per heavy atom. The monoisotopic (exact) mass is 332 g/mol. The van der Waals surface area contributed by atoms with Gasteiger partial charge in [-0.2, -0.15) is 0 Å². The van der Waals surface area contributed by atoms with E-state index in [1.54, 1.807) is 49.4 Å². The fourth-order valence-electron chi connectivity index (χ4n) is 2.62. The highest BCUT2D eigenvalue weighted by Gasteiger charge is 2.48. The van der Waals surface area contributed by atoms with Gasteiger partial charge in [0.25, 0.3) is 5.91 Å². The summed E-state index contributed by atoms with van der Waals surface area (Å²) in [6, 6.07) is 12.2. The van der Waals surface area contributed by atoms with Crippen LogP contribution in [0.25, 0.3) is 0 Å². The third-order valence-electron chi connectivity index (χ3n) is 3.98. The van der Waals surface area contributed by atoms with Crippen LogP contribution in [0, 0.1) is 5.82 Å². The van der Waals surface area contributed by atoms with Crippen LogP contribution >= 0.6 is 11.6 Å². The van der Waals surface area contributed by atoms with E-state index >= 15 is 0 Å². The highest BCUT2D eigenvalue weighted by Crippen LogP contribution is 2.30. The maximum atomic E-state index is 13.8. The first-order chi connectivity index (χ1) is 10.9. The molecule has 2 aromatic carbocycles. The van der Waals surface area contributed by atoms with E-state index in [0.29, 0.717) is 10.6 Å². The molecule has 1 aliphatic heterocycles. The Morgan fingerprint density at radius 3 is 2.43 bits per heavy atom. The predicted molar refractivity (Wildman–Crippen MR) is 84.3 cm³/mol. The molecule has 3 amide bonds. The number of rotatable bonds is 3. The minimum absolute atomic E-state index is 0.111. The van der Waals surface area contributed by atoms with E-state index in [1.165, 1.54) is 6.07 Å². The van der Waals surface area contributed by atoms with Gasteiger partial charge in [0.15, 0.2) is 0 Å². The lowest BCUT2D eigenvalue weighted by Crippen LogP contribution is -2.40. The minimum Gasteiger partial charge on any atom is -0.319 e. The van der Waals surface area contributed by atoms with Gasteiger partial charge in [-0.05, 0) is 30.7 Å². The van der Waals surface area contributed by atoms with E-state index in [9.17, 15) is 14.0 Å². The molecule has 6 heteroatoms. The molecule has 1 heterocycles. The Bertz CT molecular complexity index is 778. The van der Waals surface area contributed by atoms with E-state index < -0.39 is 23.3 Å². The first-order valence-electron chi connectivity index (χ1n) is 7.05. The van der Waals surface area contributed by atoms with Crippen molar-refractivity contribution in [1.29, 1.82) is 0 Å². The van der Waals surface area contributed by atoms with Crippen LogP contribution in [0.2, 0.25) is 5.02 Å². The number of nitrogens with zero attached hydrogens (tertiary/aromatic N) is 1. The lowest BCUT2D eigenvalue weighted by Gasteiger charge is -2.22. The number of hydrogen-bond acceptors (Lipinski definition) is 2. The summed E-state index contributed by atoms with van der Waals surface area (Å²) in [6.45, 7) is 1.51. The second kappa shape index (κ2) is 5.66. The summed E-state index contributed by atoms with van der Waals surface area (Å²) in [5.41, 5.74) is -0.278. The van der Waals surface area contributed by atoms with Crippen molar-refractivity contribution in [3.05, 3.63) is 70.5 Å². The Morgan fingerprint density at radius 2 is 1.78 bits per heavy atom. The lowest BCUT2D eigenvalue weighted by atomic mass is 9.92. The number of carbonyl (C=O) groups is 2. The van der Waals surface area contributed by atoms with Gasteiger partial charge < -0.3 is 5.32 Å². The zero-order valence-electron chi connectivity index (χ0n) is 12.3. The number of nitrogens with one attached hydrogen (secondary N) is 1. The standard InChI is InChI=1S/C17H14ClFN2O2/c1-17(12-6-8-13(18)9-7-12)15(22)21(16(23)20-17)10-11-4-2-3-5-14(11)19/h2-9H,10H2,1H3,(H,20,23)/t17-/m0/s1. The SMILES string of the molecule is C[C@@]1(c2ccc(Cl)cc2)NC(=O)N(Cc2ccccc2F)C1=O. The Hall–Kier alpha value is -2.40. The molecular formula is C17H14ClFN2O2. The zero-order chi connectivity index (χ0) is 16.6. The van der Waals surface area contributed by atoms with Crippen LogP contribution in [-0.2, 0) is 16.9 Å². The Kier molecular flexibility index (Phi) is 3.82. The molecule has 0 unspecified atom stereocenters. The second-order valence-corrected chi connectivity index (χ2v) is 5.98. The van der Waals surface area contributed by atoms with Crippen molar-refractivity contribution in [2.45, 2.75) is 19.0 Å². The van der Waals surface area contributed by atoms with Crippen molar-refractivity contribution in [1.82, 2.24) is 10.2 Å². The Labute approximate surface area is 137 Å². The molecule has 0 spiro atoms. The molecule has 1 aliphatic rings. The third kappa shape index (κ3) is 2.68. The maximum absolute atomic E-state index is 13.8. The van der Waals surface area contributed by atoms with Crippen LogP contribution in [0.1, 0.15) is 18.1 Å². The summed E-state index contributed by atoms with van der Waals surface area (Å²) < 4.78 is 13.8. The summed E-state index contributed by atoms with van der Waals surface area (Å²) in [5.74, 6) is -0.874. The lowest BCUT2D eigenvalue weighted by molar-refractivity contribution is -0.131. The number of carbonyl (C=O) groups excluding carboxylic acids is 2. The summed E-state index contributed by atoms with van der Waals surface area (Å²) in [4.78, 5) is 25.9. The van der Waals surface area contributed by atoms with Crippen molar-refractivity contribution in [2.24, 2.45) is 0 Å². The summed E-state index contributed by atoms with van der Waals surface area (Å²) in [6.07, 6.45) is 0. The number of urea groups is 1. The van der Waals surface area contributed by atoms with E-state index in [1.807, 2.05) is 0 Å². The second-order valence-electron chi connectivity index (χ2n) is 5.54. The normalized spacial score (nSPS) is 20.7. The van der Waals surface area contributed by atoms with Crippen LogP contribution in [0.15, 0.2) is 48.5 Å². The van der Waals surface area contributed by atoms with Gasteiger partial charge in [0.1, 0.15) is 11.4 Å². The van der Waals surface area contributed by atoms with E-state index in [-0.39, 0.29) is 12.1 Å². The van der Waals surface area contributed by atoms with Gasteiger partial charge in [-0.25, -0.2) is 9.18 Å². The molecule has 118 valence electrons. The number of benzene rings is 2. The van der Waals surface area contributed by atoms with Gasteiger partial charge in [0.05, 0.1) is 6.54 Å². The largest absolute Gasteiger partial charge is 0.325 e. The molecule has 1 fully saturated rings. The molecule has 1 atom stereocenters. The van der Waals surface area contributed by atoms with Crippen molar-refractivity contribution in [3.8, 4) is 0 Å². The molecule has 0 aliphatic carbocycles. The van der Waals surface area contributed by atoms with Crippen LogP contribution in [0.4, 0.5) is 9.18 Å². The average molecular weight is 333 g/mol. The molecule has 0 radical (unpaired) electrons. The van der Waals surface area contributed by atoms with Gasteiger partial charge in [0, 0.05) is 10.6 Å². The molecule has 0 saturated carbocycles. The molecule has 1 N–H and O–H groups in total. The van der Waals surface area contributed by atoms with Crippen LogP contribution in [0.3, 0.4) is 0 Å². The summed E-state index contributed by atoms with van der Waals surface area (Å²) in [5, 5.41) is 3.22. The fourth-order valence-corrected chi connectivity index (χ4v) is 2.74. The quantitative estimate of drug-likeness (QED) is 0.875. The van der Waals surface area contributed by atoms with Gasteiger partial charge in [-0.1, -0.05) is 41.9 Å². The summed E-state index contributed by atoms with van der Waals surface area (Å²) in [7, 11) is 0. The van der Waals surface area contributed by atoms with Crippen molar-refractivity contribution in [2.75, 3.05) is 0 Å². The zero-order valence-corrected chi connectivity index (χ0v) is 13.1. The van der Waals surface area contributed by atoms with E-state index in [2.05, 4.69) is 5.32 Å². The number of imide groups is 1. The fraction of sp³-hybridized carbons (Fsp3) is 0.176. The molecule has 0 bridgehead atoms. The maximum Gasteiger partial charge on any atom is 0.325 e. The van der Waals surface area contributed by atoms with E-state index in [0.717, 1.165) is 4.90 Å². The molecular weight excluding hydrogens is 319 g/mol. The van der Waals surface area contributed by atoms with Crippen LogP contribution < -0.4 is 5.32 Å². The average Bonchev–Trinajstić information content (AvgIpc) is 2.74. The van der Waals surface area contributed by atoms with Crippen LogP contribution in [0.5, 0.6) is 0 Å². The first kappa shape index (κ1) is 15.5. The molecule has 3 rings (SSSR count). The molecule has 23 heavy (non-hydrogen) atoms. The van der Waals surface area contributed by atoms with Gasteiger partial charge in [0.2, 0.25) is 0 Å². The first-order valence-corrected chi connectivity index (χ1v) is 7.43. The molecule has 1 saturated heterocycles.